The Morgan fingerprint density at radius 2 is 1.87 bits per heavy atom. The van der Waals surface area contributed by atoms with Gasteiger partial charge in [0.05, 0.1) is 6.54 Å². The largest absolute Gasteiger partial charge is 0.489 e. The van der Waals surface area contributed by atoms with E-state index in [1.807, 2.05) is 30.3 Å². The van der Waals surface area contributed by atoms with Gasteiger partial charge in [-0.3, -0.25) is 0 Å². The van der Waals surface area contributed by atoms with Crippen molar-refractivity contribution in [3.63, 3.8) is 0 Å². The van der Waals surface area contributed by atoms with Gasteiger partial charge in [0.25, 0.3) is 0 Å². The summed E-state index contributed by atoms with van der Waals surface area (Å²) in [5.74, 6) is 0.777. The topological polar surface area (TPSA) is 52.0 Å². The molecule has 3 aromatic rings. The van der Waals surface area contributed by atoms with Gasteiger partial charge in [-0.1, -0.05) is 41.4 Å². The molecule has 0 bridgehead atoms. The van der Waals surface area contributed by atoms with E-state index in [0.29, 0.717) is 23.2 Å². The van der Waals surface area contributed by atoms with Gasteiger partial charge in [0.15, 0.2) is 0 Å². The average molecular weight is 349 g/mol. The van der Waals surface area contributed by atoms with Crippen LogP contribution in [0.4, 0.5) is 0 Å². The molecule has 0 amide bonds. The van der Waals surface area contributed by atoms with Crippen LogP contribution >= 0.6 is 23.2 Å². The van der Waals surface area contributed by atoms with Crippen LogP contribution in [0.25, 0.3) is 0 Å². The van der Waals surface area contributed by atoms with Crippen LogP contribution in [0, 0.1) is 0 Å². The summed E-state index contributed by atoms with van der Waals surface area (Å²) in [7, 11) is 0. The number of aromatic nitrogens is 3. The first-order valence-electron chi connectivity index (χ1n) is 6.95. The summed E-state index contributed by atoms with van der Waals surface area (Å²) < 4.78 is 7.50. The lowest BCUT2D eigenvalue weighted by atomic mass is 10.2. The van der Waals surface area contributed by atoms with E-state index in [4.69, 9.17) is 27.9 Å². The average Bonchev–Trinajstić information content (AvgIpc) is 3.06. The Balaban J connectivity index is 1.60. The molecule has 1 aromatic heterocycles. The first-order valence-corrected chi connectivity index (χ1v) is 7.70. The summed E-state index contributed by atoms with van der Waals surface area (Å²) in [4.78, 5) is 0. The molecule has 0 unspecified atom stereocenters. The monoisotopic (exact) mass is 348 g/mol. The van der Waals surface area contributed by atoms with Gasteiger partial charge in [0.2, 0.25) is 0 Å². The Labute approximate surface area is 143 Å². The fourth-order valence-electron chi connectivity index (χ4n) is 2.01. The van der Waals surface area contributed by atoms with E-state index in [2.05, 4.69) is 15.6 Å². The summed E-state index contributed by atoms with van der Waals surface area (Å²) in [6, 6.07) is 13.2. The van der Waals surface area contributed by atoms with Gasteiger partial charge in [0.1, 0.15) is 25.0 Å². The molecule has 0 saturated carbocycles. The van der Waals surface area contributed by atoms with E-state index in [1.54, 1.807) is 29.5 Å². The standard InChI is InChI=1S/C16H14Cl2N4O/c17-14-5-4-13(16(18)7-14)9-23-15-3-1-2-12(6-15)8-21-22-10-19-20-11-22/h1-7,10-11,21H,8-9H2. The second-order valence-corrected chi connectivity index (χ2v) is 5.72. The van der Waals surface area contributed by atoms with Crippen molar-refractivity contribution in [2.24, 2.45) is 0 Å². The SMILES string of the molecule is Clc1ccc(COc2cccc(CNn3cnnc3)c2)c(Cl)c1. The van der Waals surface area contributed by atoms with E-state index >= 15 is 0 Å². The zero-order chi connectivity index (χ0) is 16.1. The predicted molar refractivity (Wildman–Crippen MR) is 90.3 cm³/mol. The molecule has 2 aromatic carbocycles. The number of nitrogens with zero attached hydrogens (tertiary/aromatic N) is 3. The minimum Gasteiger partial charge on any atom is -0.489 e. The normalized spacial score (nSPS) is 10.5. The molecule has 23 heavy (non-hydrogen) atoms. The molecule has 7 heteroatoms. The zero-order valence-electron chi connectivity index (χ0n) is 12.1. The zero-order valence-corrected chi connectivity index (χ0v) is 13.6. The number of halogens is 2. The molecule has 1 N–H and O–H groups in total. The molecule has 0 aliphatic rings. The molecule has 0 aliphatic heterocycles. The molecule has 0 fully saturated rings. The third-order valence-corrected chi connectivity index (χ3v) is 3.78. The summed E-state index contributed by atoms with van der Waals surface area (Å²) >= 11 is 12.0. The van der Waals surface area contributed by atoms with Gasteiger partial charge < -0.3 is 10.2 Å². The van der Waals surface area contributed by atoms with Crippen LogP contribution in [-0.2, 0) is 13.2 Å². The lowest BCUT2D eigenvalue weighted by molar-refractivity contribution is 0.306. The molecule has 5 nitrogen and oxygen atoms in total. The highest BCUT2D eigenvalue weighted by Crippen LogP contribution is 2.23. The quantitative estimate of drug-likeness (QED) is 0.733. The van der Waals surface area contributed by atoms with Crippen molar-refractivity contribution in [1.29, 1.82) is 0 Å². The first kappa shape index (κ1) is 15.6. The molecular formula is C16H14Cl2N4O. The van der Waals surface area contributed by atoms with Crippen molar-refractivity contribution in [1.82, 2.24) is 14.9 Å². The lowest BCUT2D eigenvalue weighted by Gasteiger charge is -2.10. The Bertz CT molecular complexity index is 778. The lowest BCUT2D eigenvalue weighted by Crippen LogP contribution is -2.12. The minimum absolute atomic E-state index is 0.387. The fourth-order valence-corrected chi connectivity index (χ4v) is 2.47. The van der Waals surface area contributed by atoms with Crippen LogP contribution in [0.15, 0.2) is 55.1 Å². The molecule has 0 saturated heterocycles. The molecule has 3 rings (SSSR count). The minimum atomic E-state index is 0.387. The Hall–Kier alpha value is -2.24. The molecule has 1 heterocycles. The Morgan fingerprint density at radius 3 is 2.65 bits per heavy atom. The van der Waals surface area contributed by atoms with Crippen LogP contribution < -0.4 is 10.2 Å². The predicted octanol–water partition coefficient (Wildman–Crippen LogP) is 3.91. The Kier molecular flexibility index (Phi) is 5.00. The van der Waals surface area contributed by atoms with E-state index in [9.17, 15) is 0 Å². The number of hydrogen-bond acceptors (Lipinski definition) is 4. The fraction of sp³-hybridized carbons (Fsp3) is 0.125. The molecule has 0 radical (unpaired) electrons. The van der Waals surface area contributed by atoms with E-state index in [-0.39, 0.29) is 0 Å². The van der Waals surface area contributed by atoms with Crippen molar-refractivity contribution in [3.8, 4) is 5.75 Å². The second-order valence-electron chi connectivity index (χ2n) is 4.88. The molecular weight excluding hydrogens is 335 g/mol. The maximum atomic E-state index is 6.14. The van der Waals surface area contributed by atoms with Crippen molar-refractivity contribution in [3.05, 3.63) is 76.3 Å². The third-order valence-electron chi connectivity index (χ3n) is 3.19. The highest BCUT2D eigenvalue weighted by atomic mass is 35.5. The maximum absolute atomic E-state index is 6.14. The second kappa shape index (κ2) is 7.35. The number of ether oxygens (including phenoxy) is 1. The van der Waals surface area contributed by atoms with Gasteiger partial charge in [-0.15, -0.1) is 10.2 Å². The van der Waals surface area contributed by atoms with Crippen molar-refractivity contribution in [2.45, 2.75) is 13.2 Å². The van der Waals surface area contributed by atoms with Gasteiger partial charge in [0, 0.05) is 15.6 Å². The van der Waals surface area contributed by atoms with Crippen molar-refractivity contribution >= 4 is 23.2 Å². The molecule has 0 aliphatic carbocycles. The van der Waals surface area contributed by atoms with E-state index < -0.39 is 0 Å². The van der Waals surface area contributed by atoms with Gasteiger partial charge in [-0.2, -0.15) is 0 Å². The van der Waals surface area contributed by atoms with Crippen LogP contribution in [0.5, 0.6) is 5.75 Å². The number of rotatable bonds is 6. The molecule has 0 atom stereocenters. The first-order chi connectivity index (χ1) is 11.2. The van der Waals surface area contributed by atoms with Gasteiger partial charge >= 0.3 is 0 Å². The van der Waals surface area contributed by atoms with Crippen LogP contribution in [-0.4, -0.2) is 14.9 Å². The number of benzene rings is 2. The summed E-state index contributed by atoms with van der Waals surface area (Å²) in [5, 5.41) is 8.68. The summed E-state index contributed by atoms with van der Waals surface area (Å²) in [6.45, 7) is 1.02. The number of nitrogens with one attached hydrogen (secondary N) is 1. The highest BCUT2D eigenvalue weighted by molar-refractivity contribution is 6.35. The molecule has 0 spiro atoms. The van der Waals surface area contributed by atoms with E-state index in [0.717, 1.165) is 16.9 Å². The summed E-state index contributed by atoms with van der Waals surface area (Å²) in [6.07, 6.45) is 3.20. The van der Waals surface area contributed by atoms with Gasteiger partial charge in [-0.05, 0) is 29.8 Å². The maximum Gasteiger partial charge on any atom is 0.138 e. The third kappa shape index (κ3) is 4.37. The molecule has 118 valence electrons. The van der Waals surface area contributed by atoms with E-state index in [1.165, 1.54) is 0 Å². The number of hydrogen-bond donors (Lipinski definition) is 1. The van der Waals surface area contributed by atoms with Crippen molar-refractivity contribution < 1.29 is 4.74 Å². The highest BCUT2D eigenvalue weighted by Gasteiger charge is 2.03. The Morgan fingerprint density at radius 1 is 1.04 bits per heavy atom. The van der Waals surface area contributed by atoms with Crippen LogP contribution in [0.2, 0.25) is 10.0 Å². The van der Waals surface area contributed by atoms with Gasteiger partial charge in [-0.25, -0.2) is 4.68 Å². The van der Waals surface area contributed by atoms with Crippen LogP contribution in [0.3, 0.4) is 0 Å². The summed E-state index contributed by atoms with van der Waals surface area (Å²) in [5.41, 5.74) is 5.13. The van der Waals surface area contributed by atoms with Crippen molar-refractivity contribution in [2.75, 3.05) is 5.43 Å². The van der Waals surface area contributed by atoms with Crippen LogP contribution in [0.1, 0.15) is 11.1 Å². The smallest absolute Gasteiger partial charge is 0.138 e.